The van der Waals surface area contributed by atoms with E-state index in [1.54, 1.807) is 0 Å². The van der Waals surface area contributed by atoms with Gasteiger partial charge in [-0.3, -0.25) is 4.99 Å². The minimum Gasteiger partial charge on any atom is -0.358 e. The first kappa shape index (κ1) is 12.1. The molecule has 3 nitrogen and oxygen atoms in total. The van der Waals surface area contributed by atoms with Gasteiger partial charge in [-0.25, -0.2) is 0 Å². The third-order valence-electron chi connectivity index (χ3n) is 2.96. The first-order valence-electron chi connectivity index (χ1n) is 6.10. The van der Waals surface area contributed by atoms with E-state index in [1.807, 2.05) is 0 Å². The number of benzene rings is 1. The molecule has 0 bridgehead atoms. The van der Waals surface area contributed by atoms with Gasteiger partial charge >= 0.3 is 0 Å². The van der Waals surface area contributed by atoms with Crippen LogP contribution in [0.25, 0.3) is 0 Å². The zero-order valence-corrected chi connectivity index (χ0v) is 10.9. The summed E-state index contributed by atoms with van der Waals surface area (Å²) in [5.41, 5.74) is 8.44. The summed E-state index contributed by atoms with van der Waals surface area (Å²) >= 11 is 0. The Morgan fingerprint density at radius 2 is 2.06 bits per heavy atom. The van der Waals surface area contributed by atoms with E-state index >= 15 is 0 Å². The predicted octanol–water partition coefficient (Wildman–Crippen LogP) is 1.66. The molecule has 3 heteroatoms. The third kappa shape index (κ3) is 2.86. The highest BCUT2D eigenvalue weighted by molar-refractivity contribution is 6.00. The van der Waals surface area contributed by atoms with Crippen LogP contribution in [0.1, 0.15) is 25.0 Å². The van der Waals surface area contributed by atoms with E-state index in [2.05, 4.69) is 55.1 Å². The molecule has 17 heavy (non-hydrogen) atoms. The molecule has 0 fully saturated rings. The van der Waals surface area contributed by atoms with Crippen molar-refractivity contribution in [3.63, 3.8) is 0 Å². The molecular weight excluding hydrogens is 210 g/mol. The van der Waals surface area contributed by atoms with Gasteiger partial charge in [0.15, 0.2) is 0 Å². The average molecular weight is 231 g/mol. The summed E-state index contributed by atoms with van der Waals surface area (Å²) in [6.45, 7) is 6.02. The molecular formula is C14H21N3. The van der Waals surface area contributed by atoms with Gasteiger partial charge in [0.1, 0.15) is 5.84 Å². The predicted molar refractivity (Wildman–Crippen MR) is 72.4 cm³/mol. The maximum atomic E-state index is 6.12. The van der Waals surface area contributed by atoms with Crippen LogP contribution in [-0.4, -0.2) is 36.4 Å². The van der Waals surface area contributed by atoms with Gasteiger partial charge in [-0.15, -0.1) is 0 Å². The fourth-order valence-corrected chi connectivity index (χ4v) is 2.21. The van der Waals surface area contributed by atoms with Crippen molar-refractivity contribution in [3.8, 4) is 0 Å². The average Bonchev–Trinajstić information content (AvgIpc) is 2.63. The van der Waals surface area contributed by atoms with Crippen molar-refractivity contribution in [1.82, 2.24) is 4.90 Å². The maximum absolute atomic E-state index is 6.12. The Morgan fingerprint density at radius 3 is 2.65 bits per heavy atom. The molecule has 0 saturated heterocycles. The number of hydrogen-bond acceptors (Lipinski definition) is 3. The molecule has 0 atom stereocenters. The van der Waals surface area contributed by atoms with Crippen molar-refractivity contribution in [2.24, 2.45) is 10.7 Å². The number of likely N-dealkylation sites (N-methyl/N-ethyl adjacent to an activating group) is 1. The first-order valence-corrected chi connectivity index (χ1v) is 6.10. The number of amidine groups is 1. The van der Waals surface area contributed by atoms with Gasteiger partial charge in [-0.1, -0.05) is 24.3 Å². The van der Waals surface area contributed by atoms with Gasteiger partial charge in [0.25, 0.3) is 0 Å². The second-order valence-corrected chi connectivity index (χ2v) is 5.45. The molecule has 0 radical (unpaired) electrons. The minimum absolute atomic E-state index is 0.187. The van der Waals surface area contributed by atoms with Crippen LogP contribution in [0.2, 0.25) is 0 Å². The lowest BCUT2D eigenvalue weighted by molar-refractivity contribution is 0.514. The van der Waals surface area contributed by atoms with E-state index in [9.17, 15) is 0 Å². The van der Waals surface area contributed by atoms with Crippen LogP contribution in [0.5, 0.6) is 0 Å². The molecule has 2 N–H and O–H groups in total. The molecule has 1 aliphatic rings. The highest BCUT2D eigenvalue weighted by atomic mass is 15.2. The van der Waals surface area contributed by atoms with E-state index in [1.165, 1.54) is 11.1 Å². The lowest BCUT2D eigenvalue weighted by atomic mass is 9.92. The van der Waals surface area contributed by atoms with Crippen molar-refractivity contribution in [1.29, 1.82) is 0 Å². The summed E-state index contributed by atoms with van der Waals surface area (Å²) in [7, 11) is 2.09. The summed E-state index contributed by atoms with van der Waals surface area (Å²) in [4.78, 5) is 6.79. The summed E-state index contributed by atoms with van der Waals surface area (Å²) in [5.74, 6) is 1.10. The molecule has 0 unspecified atom stereocenters. The fourth-order valence-electron chi connectivity index (χ4n) is 2.21. The summed E-state index contributed by atoms with van der Waals surface area (Å²) in [5, 5.41) is 0. The normalized spacial score (nSPS) is 16.2. The molecule has 0 spiro atoms. The Labute approximate surface area is 103 Å². The van der Waals surface area contributed by atoms with Gasteiger partial charge in [0, 0.05) is 24.7 Å². The van der Waals surface area contributed by atoms with Crippen LogP contribution < -0.4 is 5.73 Å². The zero-order valence-electron chi connectivity index (χ0n) is 10.9. The van der Waals surface area contributed by atoms with Crippen molar-refractivity contribution in [2.75, 3.05) is 20.1 Å². The highest BCUT2D eigenvalue weighted by Crippen LogP contribution is 2.18. The fraction of sp³-hybridized carbons (Fsp3) is 0.500. The quantitative estimate of drug-likeness (QED) is 0.859. The number of rotatable bonds is 3. The molecule has 0 saturated carbocycles. The SMILES string of the molecule is CN1CCN=C1c1ccccc1CC(C)(C)N. The number of nitrogens with two attached hydrogens (primary N) is 1. The Hall–Kier alpha value is -1.35. The molecule has 1 heterocycles. The summed E-state index contributed by atoms with van der Waals surface area (Å²) in [6.07, 6.45) is 0.871. The largest absolute Gasteiger partial charge is 0.358 e. The van der Waals surface area contributed by atoms with Crippen LogP contribution in [0.4, 0.5) is 0 Å². The van der Waals surface area contributed by atoms with E-state index in [0.717, 1.165) is 25.3 Å². The van der Waals surface area contributed by atoms with E-state index in [0.29, 0.717) is 0 Å². The molecule has 0 amide bonds. The third-order valence-corrected chi connectivity index (χ3v) is 2.96. The molecule has 1 aromatic rings. The maximum Gasteiger partial charge on any atom is 0.131 e. The zero-order chi connectivity index (χ0) is 12.5. The second kappa shape index (κ2) is 4.49. The van der Waals surface area contributed by atoms with Gasteiger partial charge < -0.3 is 10.6 Å². The van der Waals surface area contributed by atoms with Crippen LogP contribution in [0.15, 0.2) is 29.3 Å². The number of hydrogen-bond donors (Lipinski definition) is 1. The minimum atomic E-state index is -0.187. The smallest absolute Gasteiger partial charge is 0.131 e. The Morgan fingerprint density at radius 1 is 1.35 bits per heavy atom. The van der Waals surface area contributed by atoms with Gasteiger partial charge in [0.2, 0.25) is 0 Å². The Bertz CT molecular complexity index is 429. The van der Waals surface area contributed by atoms with Crippen molar-refractivity contribution in [2.45, 2.75) is 25.8 Å². The molecule has 1 aliphatic heterocycles. The molecule has 2 rings (SSSR count). The van der Waals surface area contributed by atoms with Crippen LogP contribution in [0.3, 0.4) is 0 Å². The van der Waals surface area contributed by atoms with Crippen molar-refractivity contribution in [3.05, 3.63) is 35.4 Å². The first-order chi connectivity index (χ1) is 7.97. The number of aliphatic imine (C=N–C) groups is 1. The van der Waals surface area contributed by atoms with E-state index in [4.69, 9.17) is 5.73 Å². The van der Waals surface area contributed by atoms with Crippen LogP contribution in [0, 0.1) is 0 Å². The topological polar surface area (TPSA) is 41.6 Å². The van der Waals surface area contributed by atoms with Gasteiger partial charge in [-0.05, 0) is 25.8 Å². The van der Waals surface area contributed by atoms with Crippen molar-refractivity contribution < 1.29 is 0 Å². The number of nitrogens with zero attached hydrogens (tertiary/aromatic N) is 2. The summed E-state index contributed by atoms with van der Waals surface area (Å²) in [6, 6.07) is 8.43. The highest BCUT2D eigenvalue weighted by Gasteiger charge is 2.20. The molecule has 1 aromatic carbocycles. The molecule has 0 aromatic heterocycles. The molecule has 0 aliphatic carbocycles. The van der Waals surface area contributed by atoms with Gasteiger partial charge in [0.05, 0.1) is 6.54 Å². The monoisotopic (exact) mass is 231 g/mol. The lowest BCUT2D eigenvalue weighted by Gasteiger charge is -2.22. The Kier molecular flexibility index (Phi) is 3.20. The van der Waals surface area contributed by atoms with Crippen molar-refractivity contribution >= 4 is 5.84 Å². The summed E-state index contributed by atoms with van der Waals surface area (Å²) < 4.78 is 0. The standard InChI is InChI=1S/C14H21N3/c1-14(2,15)10-11-6-4-5-7-12(11)13-16-8-9-17(13)3/h4-7H,8-10,15H2,1-3H3. The lowest BCUT2D eigenvalue weighted by Crippen LogP contribution is -2.35. The van der Waals surface area contributed by atoms with Crippen LogP contribution >= 0.6 is 0 Å². The van der Waals surface area contributed by atoms with E-state index in [-0.39, 0.29) is 5.54 Å². The van der Waals surface area contributed by atoms with Gasteiger partial charge in [-0.2, -0.15) is 0 Å². The van der Waals surface area contributed by atoms with Crippen LogP contribution in [-0.2, 0) is 6.42 Å². The molecule has 92 valence electrons. The van der Waals surface area contributed by atoms with E-state index < -0.39 is 0 Å². The second-order valence-electron chi connectivity index (χ2n) is 5.45. The Balaban J connectivity index is 2.34.